The van der Waals surface area contributed by atoms with E-state index in [4.69, 9.17) is 5.14 Å². The van der Waals surface area contributed by atoms with Gasteiger partial charge in [0.25, 0.3) is 11.6 Å². The molecule has 1 aromatic carbocycles. The lowest BCUT2D eigenvalue weighted by Crippen LogP contribution is -2.28. The Balaban J connectivity index is 3.40. The molecule has 0 heterocycles. The van der Waals surface area contributed by atoms with Crippen LogP contribution in [0.25, 0.3) is 0 Å². The van der Waals surface area contributed by atoms with Gasteiger partial charge in [0.1, 0.15) is 0 Å². The molecule has 8 nitrogen and oxygen atoms in total. The molecule has 3 N–H and O–H groups in total. The fraction of sp³-hybridized carbons (Fsp3) is 0.417. The molecule has 0 aromatic heterocycles. The number of nitro groups is 1. The van der Waals surface area contributed by atoms with Gasteiger partial charge in [0.05, 0.1) is 15.4 Å². The molecule has 0 bridgehead atoms. The van der Waals surface area contributed by atoms with Crippen LogP contribution in [0.5, 0.6) is 0 Å². The number of nitrogens with two attached hydrogens (primary N) is 1. The zero-order valence-electron chi connectivity index (χ0n) is 11.9. The minimum atomic E-state index is -4.15. The number of nitrogens with one attached hydrogen (secondary N) is 1. The summed E-state index contributed by atoms with van der Waals surface area (Å²) in [5.41, 5.74) is -0.446. The summed E-state index contributed by atoms with van der Waals surface area (Å²) >= 11 is 0. The third kappa shape index (κ3) is 4.23. The van der Waals surface area contributed by atoms with Gasteiger partial charge < -0.3 is 5.32 Å². The van der Waals surface area contributed by atoms with E-state index in [1.807, 2.05) is 13.8 Å². The number of carbonyl (C=O) groups is 1. The van der Waals surface area contributed by atoms with Crippen molar-refractivity contribution in [1.29, 1.82) is 0 Å². The van der Waals surface area contributed by atoms with E-state index in [1.54, 1.807) is 0 Å². The third-order valence-corrected chi connectivity index (χ3v) is 3.69. The second-order valence-electron chi connectivity index (χ2n) is 5.02. The largest absolute Gasteiger partial charge is 0.352 e. The lowest BCUT2D eigenvalue weighted by molar-refractivity contribution is -0.385. The van der Waals surface area contributed by atoms with E-state index in [0.29, 0.717) is 6.54 Å². The van der Waals surface area contributed by atoms with Crippen molar-refractivity contribution in [3.8, 4) is 0 Å². The zero-order chi connectivity index (χ0) is 16.4. The van der Waals surface area contributed by atoms with Gasteiger partial charge in [0, 0.05) is 18.2 Å². The van der Waals surface area contributed by atoms with Gasteiger partial charge in [-0.15, -0.1) is 0 Å². The Labute approximate surface area is 122 Å². The second kappa shape index (κ2) is 6.19. The van der Waals surface area contributed by atoms with Crippen LogP contribution in [0.15, 0.2) is 17.0 Å². The van der Waals surface area contributed by atoms with Crippen LogP contribution in [0.3, 0.4) is 0 Å². The summed E-state index contributed by atoms with van der Waals surface area (Å²) in [7, 11) is -4.15. The maximum atomic E-state index is 12.1. The Kier molecular flexibility index (Phi) is 5.02. The molecule has 0 aliphatic rings. The smallest absolute Gasteiger partial charge is 0.274 e. The predicted molar refractivity (Wildman–Crippen MR) is 76.4 cm³/mol. The summed E-state index contributed by atoms with van der Waals surface area (Å²) in [5, 5.41) is 18.6. The first-order valence-corrected chi connectivity index (χ1v) is 7.68. The Morgan fingerprint density at radius 2 is 2.00 bits per heavy atom. The Hall–Kier alpha value is -2.00. The maximum absolute atomic E-state index is 12.1. The van der Waals surface area contributed by atoms with Gasteiger partial charge in [0.15, 0.2) is 0 Å². The normalized spacial score (nSPS) is 11.5. The monoisotopic (exact) mass is 315 g/mol. The number of carbonyl (C=O) groups excluding carboxylic acids is 1. The first kappa shape index (κ1) is 17.1. The molecule has 116 valence electrons. The van der Waals surface area contributed by atoms with Crippen LogP contribution in [-0.2, 0) is 10.0 Å². The van der Waals surface area contributed by atoms with E-state index in [1.165, 1.54) is 6.92 Å². The van der Waals surface area contributed by atoms with E-state index in [2.05, 4.69) is 5.32 Å². The molecule has 0 radical (unpaired) electrons. The summed E-state index contributed by atoms with van der Waals surface area (Å²) in [5.74, 6) is -0.388. The minimum absolute atomic E-state index is 0.0751. The Morgan fingerprint density at radius 1 is 1.43 bits per heavy atom. The van der Waals surface area contributed by atoms with Crippen molar-refractivity contribution in [2.45, 2.75) is 25.7 Å². The standard InChI is InChI=1S/C12H17N3O5S/c1-7(2)6-14-12(16)10-4-9(21(13,19)20)5-11(8(10)3)15(17)18/h4-5,7H,6H2,1-3H3,(H,14,16)(H2,13,19,20). The summed E-state index contributed by atoms with van der Waals surface area (Å²) < 4.78 is 22.8. The molecular weight excluding hydrogens is 298 g/mol. The molecule has 21 heavy (non-hydrogen) atoms. The number of nitrogens with zero attached hydrogens (tertiary/aromatic N) is 1. The molecular formula is C12H17N3O5S. The van der Waals surface area contributed by atoms with Crippen LogP contribution < -0.4 is 10.5 Å². The van der Waals surface area contributed by atoms with Crippen molar-refractivity contribution in [3.05, 3.63) is 33.4 Å². The maximum Gasteiger partial charge on any atom is 0.274 e. The van der Waals surface area contributed by atoms with Gasteiger partial charge in [-0.3, -0.25) is 14.9 Å². The van der Waals surface area contributed by atoms with Gasteiger partial charge in [-0.2, -0.15) is 0 Å². The fourth-order valence-electron chi connectivity index (χ4n) is 1.65. The zero-order valence-corrected chi connectivity index (χ0v) is 12.7. The van der Waals surface area contributed by atoms with Gasteiger partial charge in [-0.1, -0.05) is 13.8 Å². The molecule has 0 aliphatic carbocycles. The van der Waals surface area contributed by atoms with Crippen molar-refractivity contribution in [2.75, 3.05) is 6.54 Å². The summed E-state index contributed by atoms with van der Waals surface area (Å²) in [6.45, 7) is 5.52. The average molecular weight is 315 g/mol. The minimum Gasteiger partial charge on any atom is -0.352 e. The summed E-state index contributed by atoms with van der Waals surface area (Å²) in [4.78, 5) is 21.8. The number of benzene rings is 1. The highest BCUT2D eigenvalue weighted by Gasteiger charge is 2.23. The molecule has 0 aliphatic heterocycles. The van der Waals surface area contributed by atoms with E-state index >= 15 is 0 Å². The van der Waals surface area contributed by atoms with Crippen LogP contribution in [0.4, 0.5) is 5.69 Å². The number of rotatable bonds is 5. The third-order valence-electron chi connectivity index (χ3n) is 2.79. The second-order valence-corrected chi connectivity index (χ2v) is 6.58. The summed E-state index contributed by atoms with van der Waals surface area (Å²) in [6.07, 6.45) is 0. The number of nitro benzene ring substituents is 1. The van der Waals surface area contributed by atoms with Crippen LogP contribution in [0.1, 0.15) is 29.8 Å². The first-order chi connectivity index (χ1) is 9.54. The van der Waals surface area contributed by atoms with Crippen LogP contribution in [-0.4, -0.2) is 25.8 Å². The van der Waals surface area contributed by atoms with Crippen LogP contribution in [0.2, 0.25) is 0 Å². The molecule has 0 saturated heterocycles. The highest BCUT2D eigenvalue weighted by atomic mass is 32.2. The first-order valence-electron chi connectivity index (χ1n) is 6.14. The molecule has 1 aromatic rings. The van der Waals surface area contributed by atoms with Crippen molar-refractivity contribution in [3.63, 3.8) is 0 Å². The van der Waals surface area contributed by atoms with Gasteiger partial charge in [-0.05, 0) is 18.9 Å². The molecule has 0 fully saturated rings. The van der Waals surface area contributed by atoms with Crippen molar-refractivity contribution in [1.82, 2.24) is 5.32 Å². The lowest BCUT2D eigenvalue weighted by atomic mass is 10.1. The molecule has 9 heteroatoms. The van der Waals surface area contributed by atoms with E-state index < -0.39 is 31.4 Å². The van der Waals surface area contributed by atoms with Gasteiger partial charge in [0.2, 0.25) is 10.0 Å². The Bertz CT molecular complexity index is 682. The number of hydrogen-bond donors (Lipinski definition) is 2. The molecule has 1 rings (SSSR count). The molecule has 0 atom stereocenters. The number of primary sulfonamides is 1. The quantitative estimate of drug-likeness (QED) is 0.616. The number of amides is 1. The Morgan fingerprint density at radius 3 is 2.43 bits per heavy atom. The van der Waals surface area contributed by atoms with E-state index in [0.717, 1.165) is 12.1 Å². The summed E-state index contributed by atoms with van der Waals surface area (Å²) in [6, 6.07) is 1.90. The van der Waals surface area contributed by atoms with Crippen molar-refractivity contribution in [2.24, 2.45) is 11.1 Å². The van der Waals surface area contributed by atoms with Crippen LogP contribution in [0, 0.1) is 23.0 Å². The molecule has 0 unspecified atom stereocenters. The van der Waals surface area contributed by atoms with Crippen molar-refractivity contribution < 1.29 is 18.1 Å². The average Bonchev–Trinajstić information content (AvgIpc) is 2.34. The highest BCUT2D eigenvalue weighted by Crippen LogP contribution is 2.25. The number of sulfonamides is 1. The predicted octanol–water partition coefficient (Wildman–Crippen LogP) is 0.936. The van der Waals surface area contributed by atoms with E-state index in [9.17, 15) is 23.3 Å². The SMILES string of the molecule is Cc1c(C(=O)NCC(C)C)cc(S(N)(=O)=O)cc1[N+](=O)[O-]. The lowest BCUT2D eigenvalue weighted by Gasteiger charge is -2.11. The van der Waals surface area contributed by atoms with Crippen molar-refractivity contribution >= 4 is 21.6 Å². The molecule has 0 saturated carbocycles. The topological polar surface area (TPSA) is 132 Å². The molecule has 0 spiro atoms. The van der Waals surface area contributed by atoms with Gasteiger partial charge in [-0.25, -0.2) is 13.6 Å². The highest BCUT2D eigenvalue weighted by molar-refractivity contribution is 7.89. The van der Waals surface area contributed by atoms with Crippen LogP contribution >= 0.6 is 0 Å². The van der Waals surface area contributed by atoms with Gasteiger partial charge >= 0.3 is 0 Å². The number of hydrogen-bond acceptors (Lipinski definition) is 5. The molecule has 1 amide bonds. The fourth-order valence-corrected chi connectivity index (χ4v) is 2.21. The van der Waals surface area contributed by atoms with E-state index in [-0.39, 0.29) is 17.0 Å².